The van der Waals surface area contributed by atoms with Crippen molar-refractivity contribution in [2.45, 2.75) is 12.8 Å². The number of hydrogen-bond donors (Lipinski definition) is 1. The average molecular weight is 203 g/mol. The highest BCUT2D eigenvalue weighted by molar-refractivity contribution is 5.37. The lowest BCUT2D eigenvalue weighted by molar-refractivity contribution is 0.305. The maximum atomic E-state index is 13.3. The van der Waals surface area contributed by atoms with Crippen molar-refractivity contribution in [2.75, 3.05) is 6.61 Å². The van der Waals surface area contributed by atoms with Crippen molar-refractivity contribution >= 4 is 0 Å². The number of hydrogen-bond acceptors (Lipinski definition) is 2. The first-order chi connectivity index (χ1) is 7.27. The van der Waals surface area contributed by atoms with E-state index in [1.807, 2.05) is 6.07 Å². The van der Waals surface area contributed by atoms with Crippen molar-refractivity contribution in [2.24, 2.45) is 0 Å². The van der Waals surface area contributed by atoms with E-state index in [2.05, 4.69) is 11.8 Å². The van der Waals surface area contributed by atoms with E-state index in [1.54, 1.807) is 12.1 Å². The molecular weight excluding hydrogens is 193 g/mol. The van der Waals surface area contributed by atoms with Crippen LogP contribution in [0, 0.1) is 29.0 Å². The van der Waals surface area contributed by atoms with E-state index in [4.69, 9.17) is 10.4 Å². The number of nitrogens with zero attached hydrogens (tertiary/aromatic N) is 1. The molecule has 0 amide bonds. The summed E-state index contributed by atoms with van der Waals surface area (Å²) in [5.74, 6) is 5.01. The fourth-order valence-electron chi connectivity index (χ4n) is 1.07. The molecule has 15 heavy (non-hydrogen) atoms. The summed E-state index contributed by atoms with van der Waals surface area (Å²) in [5, 5.41) is 16.9. The van der Waals surface area contributed by atoms with Gasteiger partial charge in [0.1, 0.15) is 5.82 Å². The average Bonchev–Trinajstić information content (AvgIpc) is 2.23. The van der Waals surface area contributed by atoms with E-state index in [-0.39, 0.29) is 13.0 Å². The smallest absolute Gasteiger partial charge is 0.128 e. The van der Waals surface area contributed by atoms with E-state index in [9.17, 15) is 4.39 Å². The molecule has 0 spiro atoms. The predicted octanol–water partition coefficient (Wildman–Crippen LogP) is 1.63. The van der Waals surface area contributed by atoms with Gasteiger partial charge in [-0.25, -0.2) is 4.39 Å². The van der Waals surface area contributed by atoms with Gasteiger partial charge in [-0.15, -0.1) is 0 Å². The number of nitriles is 1. The van der Waals surface area contributed by atoms with Crippen LogP contribution in [0.15, 0.2) is 18.2 Å². The molecule has 0 unspecified atom stereocenters. The molecule has 1 aromatic carbocycles. The van der Waals surface area contributed by atoms with Crippen LogP contribution in [0.3, 0.4) is 0 Å². The summed E-state index contributed by atoms with van der Waals surface area (Å²) in [4.78, 5) is 0. The fraction of sp³-hybridized carbons (Fsp3) is 0.250. The number of aliphatic hydroxyl groups excluding tert-OH is 1. The molecule has 0 fully saturated rings. The van der Waals surface area contributed by atoms with Crippen molar-refractivity contribution < 1.29 is 9.50 Å². The number of benzene rings is 1. The van der Waals surface area contributed by atoms with Gasteiger partial charge in [-0.1, -0.05) is 17.9 Å². The first kappa shape index (κ1) is 11.2. The Labute approximate surface area is 88.0 Å². The van der Waals surface area contributed by atoms with E-state index in [1.165, 1.54) is 6.07 Å². The zero-order valence-electron chi connectivity index (χ0n) is 8.13. The van der Waals surface area contributed by atoms with E-state index in [0.29, 0.717) is 17.5 Å². The van der Waals surface area contributed by atoms with Crippen LogP contribution in [0.4, 0.5) is 4.39 Å². The summed E-state index contributed by atoms with van der Waals surface area (Å²) >= 11 is 0. The molecule has 0 heterocycles. The summed E-state index contributed by atoms with van der Waals surface area (Å²) < 4.78 is 13.3. The van der Waals surface area contributed by atoms with Gasteiger partial charge in [0.2, 0.25) is 0 Å². The Morgan fingerprint density at radius 2 is 2.20 bits per heavy atom. The highest BCUT2D eigenvalue weighted by Gasteiger charge is 2.01. The Bertz CT molecular complexity index is 437. The minimum Gasteiger partial charge on any atom is -0.395 e. The van der Waals surface area contributed by atoms with Crippen LogP contribution in [-0.4, -0.2) is 11.7 Å². The molecule has 3 heteroatoms. The normalized spacial score (nSPS) is 8.87. The molecule has 2 nitrogen and oxygen atoms in total. The van der Waals surface area contributed by atoms with E-state index >= 15 is 0 Å². The molecule has 0 aliphatic rings. The highest BCUT2D eigenvalue weighted by Crippen LogP contribution is 2.10. The van der Waals surface area contributed by atoms with Gasteiger partial charge in [-0.05, 0) is 12.1 Å². The van der Waals surface area contributed by atoms with Gasteiger partial charge < -0.3 is 5.11 Å². The molecule has 1 aromatic rings. The Morgan fingerprint density at radius 1 is 1.40 bits per heavy atom. The standard InChI is InChI=1S/C12H10FNO/c13-12-9-10(3-1-2-8-15)4-5-11(12)6-7-14/h4-5,9,15H,2,6,8H2. The Hall–Kier alpha value is -1.84. The van der Waals surface area contributed by atoms with Crippen LogP contribution < -0.4 is 0 Å². The van der Waals surface area contributed by atoms with Gasteiger partial charge in [0.25, 0.3) is 0 Å². The molecule has 0 saturated carbocycles. The highest BCUT2D eigenvalue weighted by atomic mass is 19.1. The molecule has 0 radical (unpaired) electrons. The molecule has 1 N–H and O–H groups in total. The SMILES string of the molecule is N#CCc1ccc(C#CCCO)cc1F. The second kappa shape index (κ2) is 5.80. The van der Waals surface area contributed by atoms with Gasteiger partial charge in [0, 0.05) is 17.5 Å². The van der Waals surface area contributed by atoms with Gasteiger partial charge in [0.05, 0.1) is 19.1 Å². The maximum Gasteiger partial charge on any atom is 0.128 e. The zero-order chi connectivity index (χ0) is 11.1. The molecular formula is C12H10FNO. The Balaban J connectivity index is 2.84. The van der Waals surface area contributed by atoms with Gasteiger partial charge in [0.15, 0.2) is 0 Å². The molecule has 0 saturated heterocycles. The molecule has 0 aliphatic heterocycles. The third-order valence-corrected chi connectivity index (χ3v) is 1.79. The molecule has 76 valence electrons. The van der Waals surface area contributed by atoms with Crippen molar-refractivity contribution in [1.82, 2.24) is 0 Å². The number of aliphatic hydroxyl groups is 1. The lowest BCUT2D eigenvalue weighted by Gasteiger charge is -1.97. The van der Waals surface area contributed by atoms with Crippen LogP contribution in [0.1, 0.15) is 17.5 Å². The monoisotopic (exact) mass is 203 g/mol. The first-order valence-electron chi connectivity index (χ1n) is 4.53. The van der Waals surface area contributed by atoms with Crippen LogP contribution >= 0.6 is 0 Å². The Morgan fingerprint density at radius 3 is 2.80 bits per heavy atom. The summed E-state index contributed by atoms with van der Waals surface area (Å²) in [6.45, 7) is 0.00198. The van der Waals surface area contributed by atoms with Crippen LogP contribution in [0.2, 0.25) is 0 Å². The van der Waals surface area contributed by atoms with Crippen LogP contribution in [-0.2, 0) is 6.42 Å². The summed E-state index contributed by atoms with van der Waals surface area (Å²) in [6.07, 6.45) is 0.442. The third-order valence-electron chi connectivity index (χ3n) is 1.79. The van der Waals surface area contributed by atoms with Gasteiger partial charge in [-0.2, -0.15) is 5.26 Å². The second-order valence-electron chi connectivity index (χ2n) is 2.92. The molecule has 0 aliphatic carbocycles. The minimum atomic E-state index is -0.410. The summed E-state index contributed by atoms with van der Waals surface area (Å²) in [6, 6.07) is 6.41. The summed E-state index contributed by atoms with van der Waals surface area (Å²) in [7, 11) is 0. The van der Waals surface area contributed by atoms with Gasteiger partial charge >= 0.3 is 0 Å². The van der Waals surface area contributed by atoms with Gasteiger partial charge in [-0.3, -0.25) is 0 Å². The topological polar surface area (TPSA) is 44.0 Å². The zero-order valence-corrected chi connectivity index (χ0v) is 8.13. The van der Waals surface area contributed by atoms with Crippen molar-refractivity contribution in [1.29, 1.82) is 5.26 Å². The quantitative estimate of drug-likeness (QED) is 0.742. The fourth-order valence-corrected chi connectivity index (χ4v) is 1.07. The third kappa shape index (κ3) is 3.42. The predicted molar refractivity (Wildman–Crippen MR) is 54.3 cm³/mol. The largest absolute Gasteiger partial charge is 0.395 e. The lowest BCUT2D eigenvalue weighted by atomic mass is 10.1. The van der Waals surface area contributed by atoms with E-state index in [0.717, 1.165) is 0 Å². The molecule has 0 atom stereocenters. The Kier molecular flexibility index (Phi) is 4.34. The first-order valence-corrected chi connectivity index (χ1v) is 4.53. The maximum absolute atomic E-state index is 13.3. The molecule has 1 rings (SSSR count). The van der Waals surface area contributed by atoms with Crippen molar-refractivity contribution in [3.63, 3.8) is 0 Å². The van der Waals surface area contributed by atoms with Crippen molar-refractivity contribution in [3.05, 3.63) is 35.1 Å². The second-order valence-corrected chi connectivity index (χ2v) is 2.92. The number of rotatable bonds is 2. The summed E-state index contributed by atoms with van der Waals surface area (Å²) in [5.41, 5.74) is 0.938. The van der Waals surface area contributed by atoms with Crippen molar-refractivity contribution in [3.8, 4) is 17.9 Å². The van der Waals surface area contributed by atoms with Crippen LogP contribution in [0.5, 0.6) is 0 Å². The number of halogens is 1. The lowest BCUT2D eigenvalue weighted by Crippen LogP contribution is -1.89. The molecule has 0 aromatic heterocycles. The van der Waals surface area contributed by atoms with Crippen LogP contribution in [0.25, 0.3) is 0 Å². The van der Waals surface area contributed by atoms with E-state index < -0.39 is 5.82 Å². The minimum absolute atomic E-state index is 0.00198. The molecule has 0 bridgehead atoms.